The van der Waals surface area contributed by atoms with Gasteiger partial charge in [0.25, 0.3) is 5.88 Å². The lowest BCUT2D eigenvalue weighted by Gasteiger charge is -2.28. The number of halogens is 1. The molecule has 1 aliphatic rings. The molecule has 0 unspecified atom stereocenters. The highest BCUT2D eigenvalue weighted by Crippen LogP contribution is 2.24. The summed E-state index contributed by atoms with van der Waals surface area (Å²) in [5.41, 5.74) is 0.866. The number of carbonyl (C=O) groups is 1. The van der Waals surface area contributed by atoms with E-state index in [1.54, 1.807) is 0 Å². The summed E-state index contributed by atoms with van der Waals surface area (Å²) < 4.78 is 0. The van der Waals surface area contributed by atoms with Crippen molar-refractivity contribution >= 4 is 29.0 Å². The molecule has 0 atom stereocenters. The lowest BCUT2D eigenvalue weighted by Crippen LogP contribution is -2.42. The molecule has 2 aromatic heterocycles. The Kier molecular flexibility index (Phi) is 3.89. The fourth-order valence-corrected chi connectivity index (χ4v) is 2.52. The SMILES string of the molecule is Cc1csc(-c2nc(Cl)cc(OOC(=O)N3CCC3)n2)n1. The minimum atomic E-state index is -0.539. The van der Waals surface area contributed by atoms with Crippen LogP contribution in [0.15, 0.2) is 11.4 Å². The maximum atomic E-state index is 11.5. The second-order valence-electron chi connectivity index (χ2n) is 4.42. The summed E-state index contributed by atoms with van der Waals surface area (Å²) in [5, 5.41) is 2.68. The topological polar surface area (TPSA) is 77.4 Å². The Labute approximate surface area is 129 Å². The van der Waals surface area contributed by atoms with Crippen molar-refractivity contribution in [2.24, 2.45) is 0 Å². The molecule has 7 nitrogen and oxygen atoms in total. The third-order valence-corrected chi connectivity index (χ3v) is 3.94. The predicted octanol–water partition coefficient (Wildman–Crippen LogP) is 2.70. The van der Waals surface area contributed by atoms with Gasteiger partial charge in [0.1, 0.15) is 5.15 Å². The number of thiazole rings is 1. The molecule has 0 radical (unpaired) electrons. The van der Waals surface area contributed by atoms with E-state index in [1.807, 2.05) is 12.3 Å². The Morgan fingerprint density at radius 3 is 2.81 bits per heavy atom. The third-order valence-electron chi connectivity index (χ3n) is 2.79. The molecule has 110 valence electrons. The minimum Gasteiger partial charge on any atom is -0.305 e. The molecule has 3 heterocycles. The summed E-state index contributed by atoms with van der Waals surface area (Å²) in [4.78, 5) is 35.2. The molecule has 3 rings (SSSR count). The molecule has 0 spiro atoms. The number of amides is 1. The van der Waals surface area contributed by atoms with Gasteiger partial charge < -0.3 is 4.90 Å². The van der Waals surface area contributed by atoms with Crippen molar-refractivity contribution in [2.75, 3.05) is 13.1 Å². The molecule has 0 saturated carbocycles. The number of hydrogen-bond acceptors (Lipinski definition) is 7. The Balaban J connectivity index is 1.73. The van der Waals surface area contributed by atoms with Crippen LogP contribution in [0, 0.1) is 6.92 Å². The van der Waals surface area contributed by atoms with Gasteiger partial charge in [0, 0.05) is 30.2 Å². The Morgan fingerprint density at radius 1 is 1.38 bits per heavy atom. The smallest absolute Gasteiger partial charge is 0.305 e. The van der Waals surface area contributed by atoms with Crippen LogP contribution >= 0.6 is 22.9 Å². The van der Waals surface area contributed by atoms with Crippen molar-refractivity contribution in [3.05, 3.63) is 22.3 Å². The first-order valence-corrected chi connectivity index (χ1v) is 7.48. The van der Waals surface area contributed by atoms with Gasteiger partial charge in [-0.1, -0.05) is 11.6 Å². The van der Waals surface area contributed by atoms with E-state index in [1.165, 1.54) is 22.3 Å². The van der Waals surface area contributed by atoms with Gasteiger partial charge in [0.2, 0.25) is 0 Å². The van der Waals surface area contributed by atoms with Crippen LogP contribution in [0.3, 0.4) is 0 Å². The number of likely N-dealkylation sites (tertiary alicyclic amines) is 1. The minimum absolute atomic E-state index is 0.0618. The molecule has 9 heteroatoms. The van der Waals surface area contributed by atoms with Crippen molar-refractivity contribution in [1.29, 1.82) is 0 Å². The van der Waals surface area contributed by atoms with E-state index in [4.69, 9.17) is 21.4 Å². The standard InChI is InChI=1S/C12H11ClN4O3S/c1-7-6-21-11(14-7)10-15-8(13)5-9(16-10)19-20-12(18)17-3-2-4-17/h5-6H,2-4H2,1H3. The first-order chi connectivity index (χ1) is 10.1. The van der Waals surface area contributed by atoms with Gasteiger partial charge in [-0.05, 0) is 13.3 Å². The molecule has 0 N–H and O–H groups in total. The molecule has 0 aromatic carbocycles. The maximum absolute atomic E-state index is 11.5. The first kappa shape index (κ1) is 14.0. The molecular formula is C12H11ClN4O3S. The molecule has 21 heavy (non-hydrogen) atoms. The van der Waals surface area contributed by atoms with E-state index in [9.17, 15) is 4.79 Å². The number of aryl methyl sites for hydroxylation is 1. The average molecular weight is 327 g/mol. The second kappa shape index (κ2) is 5.82. The summed E-state index contributed by atoms with van der Waals surface area (Å²) in [6.07, 6.45) is 0.435. The number of nitrogens with zero attached hydrogens (tertiary/aromatic N) is 4. The van der Waals surface area contributed by atoms with Gasteiger partial charge in [-0.2, -0.15) is 4.98 Å². The van der Waals surface area contributed by atoms with E-state index in [-0.39, 0.29) is 11.0 Å². The summed E-state index contributed by atoms with van der Waals surface area (Å²) in [6, 6.07) is 1.37. The predicted molar refractivity (Wildman–Crippen MR) is 76.2 cm³/mol. The van der Waals surface area contributed by atoms with Crippen molar-refractivity contribution in [3.63, 3.8) is 0 Å². The lowest BCUT2D eigenvalue weighted by molar-refractivity contribution is -0.160. The van der Waals surface area contributed by atoms with E-state index in [2.05, 4.69) is 15.0 Å². The normalized spacial score (nSPS) is 13.7. The summed E-state index contributed by atoms with van der Waals surface area (Å²) in [7, 11) is 0. The highest BCUT2D eigenvalue weighted by atomic mass is 35.5. The third kappa shape index (κ3) is 3.22. The van der Waals surface area contributed by atoms with E-state index in [0.717, 1.165) is 12.1 Å². The zero-order chi connectivity index (χ0) is 14.8. The molecule has 1 fully saturated rings. The zero-order valence-corrected chi connectivity index (χ0v) is 12.6. The van der Waals surface area contributed by atoms with Crippen LogP contribution in [0.2, 0.25) is 5.15 Å². The van der Waals surface area contributed by atoms with E-state index >= 15 is 0 Å². The van der Waals surface area contributed by atoms with Gasteiger partial charge in [-0.3, -0.25) is 4.89 Å². The van der Waals surface area contributed by atoms with Gasteiger partial charge in [0.05, 0.1) is 0 Å². The Bertz CT molecular complexity index is 674. The van der Waals surface area contributed by atoms with Crippen LogP contribution in [-0.2, 0) is 4.89 Å². The second-order valence-corrected chi connectivity index (χ2v) is 5.67. The van der Waals surface area contributed by atoms with Gasteiger partial charge in [-0.15, -0.1) is 11.3 Å². The van der Waals surface area contributed by atoms with Crippen LogP contribution in [0.25, 0.3) is 10.8 Å². The van der Waals surface area contributed by atoms with Gasteiger partial charge in [0.15, 0.2) is 10.8 Å². The summed E-state index contributed by atoms with van der Waals surface area (Å²) in [6.45, 7) is 3.23. The van der Waals surface area contributed by atoms with Crippen molar-refractivity contribution in [1.82, 2.24) is 19.9 Å². The Hall–Kier alpha value is -1.93. The summed E-state index contributed by atoms with van der Waals surface area (Å²) in [5.74, 6) is 0.391. The molecular weight excluding hydrogens is 316 g/mol. The van der Waals surface area contributed by atoms with Crippen LogP contribution in [0.4, 0.5) is 4.79 Å². The first-order valence-electron chi connectivity index (χ1n) is 6.22. The fourth-order valence-electron chi connectivity index (χ4n) is 1.62. The monoisotopic (exact) mass is 326 g/mol. The molecule has 0 aliphatic carbocycles. The number of carbonyl (C=O) groups excluding carboxylic acids is 1. The Morgan fingerprint density at radius 2 is 2.19 bits per heavy atom. The van der Waals surface area contributed by atoms with Gasteiger partial charge in [-0.25, -0.2) is 19.7 Å². The van der Waals surface area contributed by atoms with Crippen LogP contribution in [0.1, 0.15) is 12.1 Å². The number of hydrogen-bond donors (Lipinski definition) is 0. The molecule has 2 aromatic rings. The van der Waals surface area contributed by atoms with Crippen molar-refractivity contribution in [2.45, 2.75) is 13.3 Å². The number of rotatable bonds is 3. The lowest BCUT2D eigenvalue weighted by atomic mass is 10.2. The van der Waals surface area contributed by atoms with Crippen molar-refractivity contribution in [3.8, 4) is 16.7 Å². The van der Waals surface area contributed by atoms with Gasteiger partial charge >= 0.3 is 6.09 Å². The average Bonchev–Trinajstić information content (AvgIpc) is 2.80. The van der Waals surface area contributed by atoms with E-state index < -0.39 is 6.09 Å². The van der Waals surface area contributed by atoms with E-state index in [0.29, 0.717) is 23.9 Å². The molecule has 1 amide bonds. The highest BCUT2D eigenvalue weighted by molar-refractivity contribution is 7.13. The fraction of sp³-hybridized carbons (Fsp3) is 0.333. The molecule has 0 bridgehead atoms. The van der Waals surface area contributed by atoms with Crippen molar-refractivity contribution < 1.29 is 14.6 Å². The number of aromatic nitrogens is 3. The highest BCUT2D eigenvalue weighted by Gasteiger charge is 2.23. The molecule has 1 saturated heterocycles. The molecule has 1 aliphatic heterocycles. The van der Waals surface area contributed by atoms with Crippen LogP contribution in [-0.4, -0.2) is 39.0 Å². The van der Waals surface area contributed by atoms with Crippen LogP contribution < -0.4 is 4.89 Å². The quantitative estimate of drug-likeness (QED) is 0.490. The maximum Gasteiger partial charge on any atom is 0.452 e. The largest absolute Gasteiger partial charge is 0.452 e. The zero-order valence-electron chi connectivity index (χ0n) is 11.1. The summed E-state index contributed by atoms with van der Waals surface area (Å²) >= 11 is 7.31. The van der Waals surface area contributed by atoms with Crippen LogP contribution in [0.5, 0.6) is 5.88 Å².